The van der Waals surface area contributed by atoms with Crippen LogP contribution in [-0.4, -0.2) is 40.2 Å². The van der Waals surface area contributed by atoms with Crippen molar-refractivity contribution in [3.05, 3.63) is 23.9 Å². The Kier molecular flexibility index (Phi) is 4.19. The highest BCUT2D eigenvalue weighted by Gasteiger charge is 2.27. The van der Waals surface area contributed by atoms with Gasteiger partial charge in [0, 0.05) is 32.4 Å². The molecule has 4 heteroatoms. The zero-order valence-corrected chi connectivity index (χ0v) is 11.3. The van der Waals surface area contributed by atoms with E-state index >= 15 is 0 Å². The maximum absolute atomic E-state index is 9.93. The van der Waals surface area contributed by atoms with Gasteiger partial charge in [-0.05, 0) is 44.4 Å². The molecule has 2 rings (SSSR count). The van der Waals surface area contributed by atoms with E-state index in [0.717, 1.165) is 44.8 Å². The van der Waals surface area contributed by atoms with Crippen molar-refractivity contribution in [1.82, 2.24) is 9.88 Å². The zero-order chi connectivity index (χ0) is 13.0. The highest BCUT2D eigenvalue weighted by atomic mass is 16.3. The van der Waals surface area contributed by atoms with Gasteiger partial charge in [-0.1, -0.05) is 0 Å². The molecule has 1 aromatic heterocycles. The minimum atomic E-state index is -0.469. The van der Waals surface area contributed by atoms with Gasteiger partial charge < -0.3 is 10.4 Å². The summed E-state index contributed by atoms with van der Waals surface area (Å²) in [5, 5.41) is 13.2. The van der Waals surface area contributed by atoms with Crippen LogP contribution in [0.5, 0.6) is 0 Å². The number of aromatic nitrogens is 1. The van der Waals surface area contributed by atoms with E-state index in [1.165, 1.54) is 5.56 Å². The van der Waals surface area contributed by atoms with E-state index < -0.39 is 5.60 Å². The summed E-state index contributed by atoms with van der Waals surface area (Å²) in [4.78, 5) is 6.67. The monoisotopic (exact) mass is 249 g/mol. The molecule has 0 atom stereocenters. The Bertz CT molecular complexity index is 382. The lowest BCUT2D eigenvalue weighted by molar-refractivity contribution is -0.00730. The first kappa shape index (κ1) is 13.3. The molecule has 4 nitrogen and oxygen atoms in total. The van der Waals surface area contributed by atoms with Crippen molar-refractivity contribution in [2.45, 2.75) is 38.8 Å². The van der Waals surface area contributed by atoms with Gasteiger partial charge in [0.2, 0.25) is 0 Å². The van der Waals surface area contributed by atoms with Crippen molar-refractivity contribution in [3.63, 3.8) is 0 Å². The number of piperidine rings is 1. The summed E-state index contributed by atoms with van der Waals surface area (Å²) in [7, 11) is 0. The minimum Gasteiger partial charge on any atom is -0.390 e. The number of anilines is 1. The summed E-state index contributed by atoms with van der Waals surface area (Å²) in [6, 6.07) is 4.17. The zero-order valence-electron chi connectivity index (χ0n) is 11.3. The summed E-state index contributed by atoms with van der Waals surface area (Å²) in [5.41, 5.74) is 0.812. The van der Waals surface area contributed by atoms with Crippen LogP contribution in [0.3, 0.4) is 0 Å². The SMILES string of the molecule is CCNc1cc(CN2CCC(C)(O)CC2)ccn1. The summed E-state index contributed by atoms with van der Waals surface area (Å²) in [6.45, 7) is 7.76. The number of pyridine rings is 1. The number of nitrogens with zero attached hydrogens (tertiary/aromatic N) is 2. The molecule has 1 aromatic rings. The molecule has 2 N–H and O–H groups in total. The van der Waals surface area contributed by atoms with Crippen molar-refractivity contribution in [2.24, 2.45) is 0 Å². The van der Waals surface area contributed by atoms with Crippen molar-refractivity contribution < 1.29 is 5.11 Å². The molecule has 0 bridgehead atoms. The number of likely N-dealkylation sites (tertiary alicyclic amines) is 1. The van der Waals surface area contributed by atoms with Crippen LogP contribution in [0.15, 0.2) is 18.3 Å². The summed E-state index contributed by atoms with van der Waals surface area (Å²) in [6.07, 6.45) is 3.57. The van der Waals surface area contributed by atoms with E-state index in [-0.39, 0.29) is 0 Å². The molecule has 1 fully saturated rings. The first-order valence-electron chi connectivity index (χ1n) is 6.72. The molecule has 0 radical (unpaired) electrons. The molecule has 100 valence electrons. The van der Waals surface area contributed by atoms with E-state index in [4.69, 9.17) is 0 Å². The first-order valence-corrected chi connectivity index (χ1v) is 6.72. The Labute approximate surface area is 109 Å². The molecule has 2 heterocycles. The number of hydrogen-bond donors (Lipinski definition) is 2. The molecule has 0 aromatic carbocycles. The number of hydrogen-bond acceptors (Lipinski definition) is 4. The molecule has 1 aliphatic rings. The molecule has 0 amide bonds. The van der Waals surface area contributed by atoms with Gasteiger partial charge in [-0.2, -0.15) is 0 Å². The third kappa shape index (κ3) is 3.68. The maximum Gasteiger partial charge on any atom is 0.126 e. The largest absolute Gasteiger partial charge is 0.390 e. The lowest BCUT2D eigenvalue weighted by Crippen LogP contribution is -2.41. The Hall–Kier alpha value is -1.13. The Morgan fingerprint density at radius 3 is 2.83 bits per heavy atom. The Morgan fingerprint density at radius 1 is 1.44 bits per heavy atom. The molecule has 1 aliphatic heterocycles. The fourth-order valence-corrected chi connectivity index (χ4v) is 2.30. The van der Waals surface area contributed by atoms with E-state index in [9.17, 15) is 5.11 Å². The normalized spacial score (nSPS) is 19.7. The summed E-state index contributed by atoms with van der Waals surface area (Å²) >= 11 is 0. The number of rotatable bonds is 4. The van der Waals surface area contributed by atoms with Crippen LogP contribution < -0.4 is 5.32 Å². The molecule has 0 aliphatic carbocycles. The van der Waals surface area contributed by atoms with E-state index in [1.54, 1.807) is 0 Å². The smallest absolute Gasteiger partial charge is 0.126 e. The van der Waals surface area contributed by atoms with Gasteiger partial charge in [-0.25, -0.2) is 4.98 Å². The van der Waals surface area contributed by atoms with Crippen molar-refractivity contribution >= 4 is 5.82 Å². The van der Waals surface area contributed by atoms with Gasteiger partial charge >= 0.3 is 0 Å². The standard InChI is InChI=1S/C14H23N3O/c1-3-15-13-10-12(4-7-16-13)11-17-8-5-14(2,18)6-9-17/h4,7,10,18H,3,5-6,8-9,11H2,1-2H3,(H,15,16). The third-order valence-electron chi connectivity index (χ3n) is 3.52. The second-order valence-electron chi connectivity index (χ2n) is 5.35. The van der Waals surface area contributed by atoms with Gasteiger partial charge in [0.25, 0.3) is 0 Å². The molecular weight excluding hydrogens is 226 g/mol. The fraction of sp³-hybridized carbons (Fsp3) is 0.643. The van der Waals surface area contributed by atoms with Gasteiger partial charge in [-0.15, -0.1) is 0 Å². The van der Waals surface area contributed by atoms with Gasteiger partial charge in [0.05, 0.1) is 5.60 Å². The highest BCUT2D eigenvalue weighted by Crippen LogP contribution is 2.22. The van der Waals surface area contributed by atoms with Crippen molar-refractivity contribution in [2.75, 3.05) is 25.0 Å². The van der Waals surface area contributed by atoms with Crippen LogP contribution in [-0.2, 0) is 6.54 Å². The van der Waals surface area contributed by atoms with Gasteiger partial charge in [0.15, 0.2) is 0 Å². The minimum absolute atomic E-state index is 0.469. The van der Waals surface area contributed by atoms with E-state index in [1.807, 2.05) is 13.1 Å². The fourth-order valence-electron chi connectivity index (χ4n) is 2.30. The highest BCUT2D eigenvalue weighted by molar-refractivity contribution is 5.37. The van der Waals surface area contributed by atoms with E-state index in [2.05, 4.69) is 34.3 Å². The predicted octanol–water partition coefficient (Wildman–Crippen LogP) is 1.86. The maximum atomic E-state index is 9.93. The molecule has 0 unspecified atom stereocenters. The van der Waals surface area contributed by atoms with Crippen LogP contribution in [0.25, 0.3) is 0 Å². The Balaban J connectivity index is 1.91. The van der Waals surface area contributed by atoms with Crippen LogP contribution in [0.2, 0.25) is 0 Å². The first-order chi connectivity index (χ1) is 8.59. The topological polar surface area (TPSA) is 48.4 Å². The lowest BCUT2D eigenvalue weighted by Gasteiger charge is -2.35. The van der Waals surface area contributed by atoms with Crippen LogP contribution in [0, 0.1) is 0 Å². The quantitative estimate of drug-likeness (QED) is 0.855. The average Bonchev–Trinajstić information content (AvgIpc) is 2.33. The van der Waals surface area contributed by atoms with E-state index in [0.29, 0.717) is 0 Å². The molecule has 1 saturated heterocycles. The van der Waals surface area contributed by atoms with Crippen LogP contribution >= 0.6 is 0 Å². The van der Waals surface area contributed by atoms with Gasteiger partial charge in [-0.3, -0.25) is 4.90 Å². The van der Waals surface area contributed by atoms with Crippen molar-refractivity contribution in [1.29, 1.82) is 0 Å². The molecular formula is C14H23N3O. The summed E-state index contributed by atoms with van der Waals surface area (Å²) in [5.74, 6) is 0.944. The average molecular weight is 249 g/mol. The van der Waals surface area contributed by atoms with Crippen molar-refractivity contribution in [3.8, 4) is 0 Å². The second-order valence-corrected chi connectivity index (χ2v) is 5.35. The molecule has 0 saturated carbocycles. The predicted molar refractivity (Wildman–Crippen MR) is 73.5 cm³/mol. The molecule has 0 spiro atoms. The van der Waals surface area contributed by atoms with Crippen LogP contribution in [0.4, 0.5) is 5.82 Å². The number of aliphatic hydroxyl groups is 1. The third-order valence-corrected chi connectivity index (χ3v) is 3.52. The second kappa shape index (κ2) is 5.67. The number of nitrogens with one attached hydrogen (secondary N) is 1. The summed E-state index contributed by atoms with van der Waals surface area (Å²) < 4.78 is 0. The van der Waals surface area contributed by atoms with Crippen LogP contribution in [0.1, 0.15) is 32.3 Å². The lowest BCUT2D eigenvalue weighted by atomic mass is 9.93. The van der Waals surface area contributed by atoms with Gasteiger partial charge in [0.1, 0.15) is 5.82 Å². The Morgan fingerprint density at radius 2 is 2.17 bits per heavy atom. The molecule has 18 heavy (non-hydrogen) atoms.